The van der Waals surface area contributed by atoms with Gasteiger partial charge in [-0.3, -0.25) is 9.59 Å². The van der Waals surface area contributed by atoms with E-state index in [9.17, 15) is 19.8 Å². The molecule has 0 aliphatic heterocycles. The number of carbonyl (C=O) groups is 2. The van der Waals surface area contributed by atoms with Crippen LogP contribution in [0, 0.1) is 0 Å². The molecular formula is C52H97NO5. The largest absolute Gasteiger partial charge is 0.458 e. The molecule has 0 aromatic rings. The van der Waals surface area contributed by atoms with Crippen molar-refractivity contribution in [2.75, 3.05) is 6.61 Å². The van der Waals surface area contributed by atoms with Crippen LogP contribution in [0.3, 0.4) is 0 Å². The minimum atomic E-state index is -0.808. The molecular weight excluding hydrogens is 719 g/mol. The number of unbranched alkanes of at least 4 members (excludes halogenated alkanes) is 29. The molecule has 6 heteroatoms. The summed E-state index contributed by atoms with van der Waals surface area (Å²) in [6.45, 7) is 6.43. The Morgan fingerprint density at radius 2 is 0.914 bits per heavy atom. The van der Waals surface area contributed by atoms with Crippen LogP contribution in [-0.2, 0) is 14.3 Å². The number of esters is 1. The van der Waals surface area contributed by atoms with Crippen molar-refractivity contribution in [1.29, 1.82) is 0 Å². The monoisotopic (exact) mass is 816 g/mol. The van der Waals surface area contributed by atoms with Crippen LogP contribution in [0.25, 0.3) is 0 Å². The van der Waals surface area contributed by atoms with E-state index in [0.29, 0.717) is 12.8 Å². The first kappa shape index (κ1) is 56.1. The van der Waals surface area contributed by atoms with E-state index in [0.717, 1.165) is 51.4 Å². The summed E-state index contributed by atoms with van der Waals surface area (Å²) in [6.07, 6.45) is 53.8. The summed E-state index contributed by atoms with van der Waals surface area (Å²) >= 11 is 0. The van der Waals surface area contributed by atoms with Crippen LogP contribution in [0.1, 0.15) is 258 Å². The van der Waals surface area contributed by atoms with Gasteiger partial charge in [0.25, 0.3) is 0 Å². The van der Waals surface area contributed by atoms with E-state index in [1.54, 1.807) is 0 Å². The zero-order valence-corrected chi connectivity index (χ0v) is 38.7. The summed E-state index contributed by atoms with van der Waals surface area (Å²) < 4.78 is 5.82. The highest BCUT2D eigenvalue weighted by atomic mass is 16.5. The van der Waals surface area contributed by atoms with Gasteiger partial charge in [0.1, 0.15) is 6.10 Å². The Hall–Kier alpha value is -1.92. The van der Waals surface area contributed by atoms with Crippen molar-refractivity contribution >= 4 is 11.9 Å². The van der Waals surface area contributed by atoms with Gasteiger partial charge >= 0.3 is 5.97 Å². The maximum Gasteiger partial charge on any atom is 0.306 e. The van der Waals surface area contributed by atoms with Crippen LogP contribution in [0.15, 0.2) is 36.5 Å². The molecule has 1 amide bonds. The number of amides is 1. The third-order valence-electron chi connectivity index (χ3n) is 11.4. The Kier molecular flexibility index (Phi) is 44.6. The minimum Gasteiger partial charge on any atom is -0.458 e. The first-order valence-corrected chi connectivity index (χ1v) is 25.2. The molecule has 0 aliphatic rings. The predicted molar refractivity (Wildman–Crippen MR) is 250 cm³/mol. The van der Waals surface area contributed by atoms with Gasteiger partial charge in [-0.25, -0.2) is 0 Å². The fourth-order valence-electron chi connectivity index (χ4n) is 7.57. The molecule has 58 heavy (non-hydrogen) atoms. The third-order valence-corrected chi connectivity index (χ3v) is 11.4. The minimum absolute atomic E-state index is 0.0282. The van der Waals surface area contributed by atoms with Gasteiger partial charge in [0.05, 0.1) is 25.2 Å². The molecule has 3 N–H and O–H groups in total. The van der Waals surface area contributed by atoms with Crippen LogP contribution >= 0.6 is 0 Å². The first-order valence-electron chi connectivity index (χ1n) is 25.2. The van der Waals surface area contributed by atoms with Gasteiger partial charge in [0.15, 0.2) is 0 Å². The molecule has 0 heterocycles. The Balaban J connectivity index is 4.59. The van der Waals surface area contributed by atoms with Crippen LogP contribution in [-0.4, -0.2) is 46.9 Å². The number of aliphatic hydroxyl groups is 2. The molecule has 340 valence electrons. The molecule has 0 bridgehead atoms. The molecule has 0 rings (SSSR count). The van der Waals surface area contributed by atoms with Gasteiger partial charge in [-0.05, 0) is 63.9 Å². The normalized spacial score (nSPS) is 13.5. The van der Waals surface area contributed by atoms with Gasteiger partial charge < -0.3 is 20.3 Å². The number of rotatable bonds is 45. The summed E-state index contributed by atoms with van der Waals surface area (Å²) in [6, 6.07) is -0.729. The van der Waals surface area contributed by atoms with Crippen molar-refractivity contribution < 1.29 is 24.5 Å². The van der Waals surface area contributed by atoms with Crippen LogP contribution in [0.4, 0.5) is 0 Å². The second-order valence-electron chi connectivity index (χ2n) is 17.2. The Bertz CT molecular complexity index is 961. The van der Waals surface area contributed by atoms with Crippen molar-refractivity contribution in [2.24, 2.45) is 0 Å². The van der Waals surface area contributed by atoms with E-state index >= 15 is 0 Å². The average molecular weight is 816 g/mol. The van der Waals surface area contributed by atoms with Gasteiger partial charge in [-0.15, -0.1) is 0 Å². The van der Waals surface area contributed by atoms with Gasteiger partial charge in [0.2, 0.25) is 5.91 Å². The zero-order valence-electron chi connectivity index (χ0n) is 38.7. The molecule has 3 unspecified atom stereocenters. The number of hydrogen-bond acceptors (Lipinski definition) is 5. The quantitative estimate of drug-likeness (QED) is 0.0323. The molecule has 0 spiro atoms. The second kappa shape index (κ2) is 46.2. The summed E-state index contributed by atoms with van der Waals surface area (Å²) in [5.41, 5.74) is 0. The molecule has 0 aliphatic carbocycles. The maximum atomic E-state index is 13.1. The molecule has 0 fully saturated rings. The molecule has 0 saturated heterocycles. The average Bonchev–Trinajstić information content (AvgIpc) is 3.22. The predicted octanol–water partition coefficient (Wildman–Crippen LogP) is 14.9. The van der Waals surface area contributed by atoms with Crippen molar-refractivity contribution in [3.63, 3.8) is 0 Å². The van der Waals surface area contributed by atoms with Crippen molar-refractivity contribution in [3.8, 4) is 0 Å². The van der Waals surface area contributed by atoms with Gasteiger partial charge in [-0.2, -0.15) is 0 Å². The smallest absolute Gasteiger partial charge is 0.306 e. The topological polar surface area (TPSA) is 95.9 Å². The highest BCUT2D eigenvalue weighted by molar-refractivity contribution is 5.78. The second-order valence-corrected chi connectivity index (χ2v) is 17.2. The lowest BCUT2D eigenvalue weighted by atomic mass is 10.0. The molecule has 0 saturated carbocycles. The number of aliphatic hydroxyl groups excluding tert-OH is 2. The summed E-state index contributed by atoms with van der Waals surface area (Å²) in [5, 5.41) is 23.6. The lowest BCUT2D eigenvalue weighted by Crippen LogP contribution is -2.46. The standard InChI is InChI=1S/C52H97NO5/c1-4-7-10-13-16-19-22-23-24-25-26-27-30-33-36-39-42-45-52(57)58-48(43-40-37-34-31-28-20-17-14-11-8-5-2)46-51(56)53-49(47-54)50(55)44-41-38-35-32-29-21-18-15-12-9-6-3/h23-24,31,34,40,43,48-50,54-55H,4-22,25-30,32-33,35-39,41-42,44-47H2,1-3H3,(H,53,56)/b24-23+,34-31-,43-40+. The maximum absolute atomic E-state index is 13.1. The first-order chi connectivity index (χ1) is 28.5. The van der Waals surface area contributed by atoms with Gasteiger partial charge in [0, 0.05) is 6.42 Å². The number of carbonyl (C=O) groups excluding carboxylic acids is 2. The fraction of sp³-hybridized carbons (Fsp3) is 0.846. The SMILES string of the molecule is CCCCCCCC/C=C\C/C=C/C(CC(=O)NC(CO)C(O)CCCCCCCCCCCCC)OC(=O)CCCCCCCCC/C=C/CCCCCCCC. The Morgan fingerprint density at radius 3 is 1.36 bits per heavy atom. The van der Waals surface area contributed by atoms with Crippen LogP contribution in [0.2, 0.25) is 0 Å². The number of hydrogen-bond donors (Lipinski definition) is 3. The third kappa shape index (κ3) is 40.8. The Labute approximate surface area is 360 Å². The van der Waals surface area contributed by atoms with Gasteiger partial charge in [-0.1, -0.05) is 218 Å². The molecule has 0 radical (unpaired) electrons. The highest BCUT2D eigenvalue weighted by Crippen LogP contribution is 2.16. The van der Waals surface area contributed by atoms with Crippen LogP contribution in [0.5, 0.6) is 0 Å². The van der Waals surface area contributed by atoms with E-state index in [-0.39, 0.29) is 24.9 Å². The van der Waals surface area contributed by atoms with E-state index in [1.807, 2.05) is 12.2 Å². The van der Waals surface area contributed by atoms with Crippen LogP contribution < -0.4 is 5.32 Å². The van der Waals surface area contributed by atoms with Crippen molar-refractivity contribution in [3.05, 3.63) is 36.5 Å². The molecule has 0 aromatic carbocycles. The molecule has 6 nitrogen and oxygen atoms in total. The van der Waals surface area contributed by atoms with E-state index < -0.39 is 18.2 Å². The molecule has 0 aromatic heterocycles. The van der Waals surface area contributed by atoms with Crippen molar-refractivity contribution in [2.45, 2.75) is 277 Å². The highest BCUT2D eigenvalue weighted by Gasteiger charge is 2.23. The number of nitrogens with one attached hydrogen (secondary N) is 1. The summed E-state index contributed by atoms with van der Waals surface area (Å²) in [4.78, 5) is 26.0. The van der Waals surface area contributed by atoms with E-state index in [2.05, 4.69) is 50.4 Å². The zero-order chi connectivity index (χ0) is 42.4. The lowest BCUT2D eigenvalue weighted by Gasteiger charge is -2.23. The fourth-order valence-corrected chi connectivity index (χ4v) is 7.57. The Morgan fingerprint density at radius 1 is 0.517 bits per heavy atom. The number of allylic oxidation sites excluding steroid dienone is 5. The summed E-state index contributed by atoms with van der Waals surface area (Å²) in [5.74, 6) is -0.601. The summed E-state index contributed by atoms with van der Waals surface area (Å²) in [7, 11) is 0. The van der Waals surface area contributed by atoms with Crippen molar-refractivity contribution in [1.82, 2.24) is 5.32 Å². The van der Waals surface area contributed by atoms with E-state index in [1.165, 1.54) is 167 Å². The van der Waals surface area contributed by atoms with E-state index in [4.69, 9.17) is 4.74 Å². The molecule has 3 atom stereocenters. The lowest BCUT2D eigenvalue weighted by molar-refractivity contribution is -0.148. The number of ether oxygens (including phenoxy) is 1.